The van der Waals surface area contributed by atoms with Gasteiger partial charge in [0.1, 0.15) is 0 Å². The molecule has 0 saturated heterocycles. The molecule has 0 atom stereocenters. The molecule has 1 amide bonds. The first-order chi connectivity index (χ1) is 8.99. The Morgan fingerprint density at radius 2 is 2.15 bits per heavy atom. The van der Waals surface area contributed by atoms with Gasteiger partial charge in [-0.15, -0.1) is 0 Å². The number of benzene rings is 1. The molecule has 1 aromatic rings. The minimum Gasteiger partial charge on any atom is -0.287 e. The number of rotatable bonds is 3. The van der Waals surface area contributed by atoms with Gasteiger partial charge in [-0.2, -0.15) is 0 Å². The first-order valence-corrected chi connectivity index (χ1v) is 3.61. The SMILES string of the molecule is [2H]C([2H])([2H])C([2H])(NNC(=O)c1ccccc1)C([2H])([2H])[2H]. The highest BCUT2D eigenvalue weighted by molar-refractivity contribution is 5.93. The lowest BCUT2D eigenvalue weighted by molar-refractivity contribution is 0.0927. The van der Waals surface area contributed by atoms with Crippen LogP contribution in [0.2, 0.25) is 0 Å². The molecule has 3 heteroatoms. The van der Waals surface area contributed by atoms with Gasteiger partial charge in [0, 0.05) is 21.2 Å². The molecule has 0 aliphatic carbocycles. The quantitative estimate of drug-likeness (QED) is 0.697. The molecular weight excluding hydrogens is 164 g/mol. The van der Waals surface area contributed by atoms with Crippen molar-refractivity contribution in [2.24, 2.45) is 0 Å². The molecule has 0 saturated carbocycles. The van der Waals surface area contributed by atoms with Gasteiger partial charge in [0.25, 0.3) is 5.91 Å². The summed E-state index contributed by atoms with van der Waals surface area (Å²) >= 11 is 0. The van der Waals surface area contributed by atoms with E-state index in [-0.39, 0.29) is 5.56 Å². The fraction of sp³-hybridized carbons (Fsp3) is 0.300. The molecular formula is C10H14N2O. The zero-order valence-corrected chi connectivity index (χ0v) is 6.79. The van der Waals surface area contributed by atoms with Gasteiger partial charge in [-0.3, -0.25) is 10.2 Å². The third kappa shape index (κ3) is 3.25. The van der Waals surface area contributed by atoms with Crippen molar-refractivity contribution in [1.82, 2.24) is 10.9 Å². The highest BCUT2D eigenvalue weighted by Crippen LogP contribution is 1.96. The number of carbonyl (C=O) groups is 1. The second-order valence-electron chi connectivity index (χ2n) is 2.32. The minimum absolute atomic E-state index is 0.207. The molecule has 0 unspecified atom stereocenters. The van der Waals surface area contributed by atoms with Crippen LogP contribution < -0.4 is 10.9 Å². The van der Waals surface area contributed by atoms with Crippen LogP contribution >= 0.6 is 0 Å². The van der Waals surface area contributed by atoms with Crippen LogP contribution in [0.3, 0.4) is 0 Å². The van der Waals surface area contributed by atoms with Gasteiger partial charge in [-0.1, -0.05) is 18.2 Å². The van der Waals surface area contributed by atoms with Crippen molar-refractivity contribution >= 4 is 5.91 Å². The van der Waals surface area contributed by atoms with Crippen LogP contribution in [0.15, 0.2) is 30.3 Å². The zero-order chi connectivity index (χ0) is 15.6. The Labute approximate surface area is 88.0 Å². The summed E-state index contributed by atoms with van der Waals surface area (Å²) in [7, 11) is 0. The van der Waals surface area contributed by atoms with Crippen molar-refractivity contribution in [3.8, 4) is 0 Å². The summed E-state index contributed by atoms with van der Waals surface area (Å²) in [5, 5.41) is 0. The van der Waals surface area contributed by atoms with Gasteiger partial charge < -0.3 is 0 Å². The predicted molar refractivity (Wildman–Crippen MR) is 52.2 cm³/mol. The van der Waals surface area contributed by atoms with Gasteiger partial charge in [-0.05, 0) is 25.8 Å². The monoisotopic (exact) mass is 185 g/mol. The van der Waals surface area contributed by atoms with E-state index >= 15 is 0 Å². The summed E-state index contributed by atoms with van der Waals surface area (Å²) in [6.07, 6.45) is 0. The van der Waals surface area contributed by atoms with Crippen molar-refractivity contribution in [2.75, 3.05) is 0 Å². The molecule has 13 heavy (non-hydrogen) atoms. The van der Waals surface area contributed by atoms with Crippen molar-refractivity contribution in [1.29, 1.82) is 0 Å². The van der Waals surface area contributed by atoms with Crippen molar-refractivity contribution in [3.63, 3.8) is 0 Å². The fourth-order valence-corrected chi connectivity index (χ4v) is 0.781. The number of carbonyl (C=O) groups excluding carboxylic acids is 1. The average molecular weight is 185 g/mol. The lowest BCUT2D eigenvalue weighted by atomic mass is 10.2. The fourth-order valence-electron chi connectivity index (χ4n) is 0.781. The number of nitrogens with one attached hydrogen (secondary N) is 2. The molecule has 1 rings (SSSR count). The minimum atomic E-state index is -3.15. The topological polar surface area (TPSA) is 41.1 Å². The van der Waals surface area contributed by atoms with Gasteiger partial charge in [0.2, 0.25) is 0 Å². The maximum Gasteiger partial charge on any atom is 0.265 e. The highest BCUT2D eigenvalue weighted by atomic mass is 16.2. The molecule has 0 aromatic heterocycles. The predicted octanol–water partition coefficient (Wildman–Crippen LogP) is 1.33. The summed E-state index contributed by atoms with van der Waals surface area (Å²) in [4.78, 5) is 11.7. The maximum absolute atomic E-state index is 11.7. The summed E-state index contributed by atoms with van der Waals surface area (Å²) in [5.74, 6) is -0.726. The third-order valence-corrected chi connectivity index (χ3v) is 1.34. The van der Waals surface area contributed by atoms with E-state index in [0.29, 0.717) is 0 Å². The van der Waals surface area contributed by atoms with Crippen LogP contribution in [0.4, 0.5) is 0 Å². The van der Waals surface area contributed by atoms with Gasteiger partial charge in [0.05, 0.1) is 0 Å². The van der Waals surface area contributed by atoms with Crippen LogP contribution in [-0.4, -0.2) is 11.9 Å². The Bertz CT molecular complexity index is 455. The molecule has 0 aliphatic rings. The van der Waals surface area contributed by atoms with Crippen LogP contribution in [0.25, 0.3) is 0 Å². The second-order valence-corrected chi connectivity index (χ2v) is 2.32. The molecule has 0 heterocycles. The number of amides is 1. The average Bonchev–Trinajstić information content (AvgIpc) is 2.33. The van der Waals surface area contributed by atoms with Gasteiger partial charge >= 0.3 is 0 Å². The van der Waals surface area contributed by atoms with E-state index in [1.165, 1.54) is 12.1 Å². The Hall–Kier alpha value is -1.35. The summed E-state index contributed by atoms with van der Waals surface area (Å²) in [5.41, 5.74) is 3.98. The van der Waals surface area contributed by atoms with Crippen LogP contribution in [-0.2, 0) is 0 Å². The molecule has 70 valence electrons. The Kier molecular flexibility index (Phi) is 1.35. The van der Waals surface area contributed by atoms with E-state index in [1.807, 2.05) is 10.9 Å². The Morgan fingerprint density at radius 3 is 2.77 bits per heavy atom. The van der Waals surface area contributed by atoms with Gasteiger partial charge in [0.15, 0.2) is 0 Å². The van der Waals surface area contributed by atoms with E-state index in [2.05, 4.69) is 0 Å². The molecule has 2 N–H and O–H groups in total. The first kappa shape index (κ1) is 3.80. The zero-order valence-electron chi connectivity index (χ0n) is 13.8. The summed E-state index contributed by atoms with van der Waals surface area (Å²) in [6.45, 7) is -6.30. The van der Waals surface area contributed by atoms with Crippen LogP contribution in [0, 0.1) is 0 Å². The smallest absolute Gasteiger partial charge is 0.265 e. The van der Waals surface area contributed by atoms with Crippen LogP contribution in [0.1, 0.15) is 33.7 Å². The Morgan fingerprint density at radius 1 is 1.46 bits per heavy atom. The molecule has 0 aliphatic heterocycles. The normalized spacial score (nSPS) is 20.8. The molecule has 3 nitrogen and oxygen atoms in total. The highest BCUT2D eigenvalue weighted by Gasteiger charge is 2.02. The van der Waals surface area contributed by atoms with Gasteiger partial charge in [-0.25, -0.2) is 5.43 Å². The molecule has 0 spiro atoms. The Balaban J connectivity index is 2.87. The number of hydrazine groups is 1. The van der Waals surface area contributed by atoms with E-state index in [9.17, 15) is 4.79 Å². The first-order valence-electron chi connectivity index (χ1n) is 7.11. The lowest BCUT2D eigenvalue weighted by Gasteiger charge is -2.09. The van der Waals surface area contributed by atoms with E-state index in [0.717, 1.165) is 0 Å². The van der Waals surface area contributed by atoms with Crippen molar-refractivity contribution < 1.29 is 14.4 Å². The van der Waals surface area contributed by atoms with E-state index < -0.39 is 25.6 Å². The van der Waals surface area contributed by atoms with E-state index in [1.54, 1.807) is 18.2 Å². The summed E-state index contributed by atoms with van der Waals surface area (Å²) < 4.78 is 50.6. The number of hydrogen-bond acceptors (Lipinski definition) is 2. The van der Waals surface area contributed by atoms with Crippen molar-refractivity contribution in [3.05, 3.63) is 35.9 Å². The largest absolute Gasteiger partial charge is 0.287 e. The van der Waals surface area contributed by atoms with E-state index in [4.69, 9.17) is 9.60 Å². The van der Waals surface area contributed by atoms with Crippen molar-refractivity contribution in [2.45, 2.75) is 19.7 Å². The standard InChI is InChI=1S/C10H14N2O/c1-8(2)11-12-10(13)9-6-4-3-5-7-9/h3-8,11H,1-2H3,(H,12,13)/i1D3,2D3,8D. The third-order valence-electron chi connectivity index (χ3n) is 1.34. The molecule has 1 aromatic carbocycles. The maximum atomic E-state index is 11.7. The van der Waals surface area contributed by atoms with Crippen LogP contribution in [0.5, 0.6) is 0 Å². The molecule has 0 radical (unpaired) electrons. The molecule has 0 fully saturated rings. The second kappa shape index (κ2) is 4.62. The summed E-state index contributed by atoms with van der Waals surface area (Å²) in [6, 6.07) is 4.81. The molecule has 0 bridgehead atoms. The number of hydrogen-bond donors (Lipinski definition) is 2. The lowest BCUT2D eigenvalue weighted by Crippen LogP contribution is -2.41.